The Morgan fingerprint density at radius 1 is 1.13 bits per heavy atom. The van der Waals surface area contributed by atoms with Crippen molar-refractivity contribution in [3.63, 3.8) is 0 Å². The van der Waals surface area contributed by atoms with Crippen molar-refractivity contribution in [1.82, 2.24) is 4.31 Å². The Balaban J connectivity index is 1.51. The zero-order valence-corrected chi connectivity index (χ0v) is 17.2. The van der Waals surface area contributed by atoms with Crippen molar-refractivity contribution in [3.8, 4) is 0 Å². The third-order valence-electron chi connectivity index (χ3n) is 4.78. The van der Waals surface area contributed by atoms with Gasteiger partial charge in [-0.05, 0) is 60.8 Å². The molecular weight excluding hydrogens is 417 g/mol. The highest BCUT2D eigenvalue weighted by Gasteiger charge is 2.30. The minimum absolute atomic E-state index is 0.226. The van der Waals surface area contributed by atoms with Crippen molar-refractivity contribution in [2.24, 2.45) is 0 Å². The minimum Gasteiger partial charge on any atom is -0.479 e. The molecule has 3 rings (SSSR count). The largest absolute Gasteiger partial charge is 0.479 e. The van der Waals surface area contributed by atoms with Crippen molar-refractivity contribution >= 4 is 23.6 Å². The molecule has 5 nitrogen and oxygen atoms in total. The predicted molar refractivity (Wildman–Crippen MR) is 109 cm³/mol. The third-order valence-corrected chi connectivity index (χ3v) is 5.87. The number of hydrogen-bond donors (Lipinski definition) is 1. The quantitative estimate of drug-likeness (QED) is 0.639. The third kappa shape index (κ3) is 6.13. The number of carbonyl (C=O) groups is 1. The number of alkyl halides is 3. The number of anilines is 1. The first kappa shape index (κ1) is 22.5. The van der Waals surface area contributed by atoms with E-state index in [9.17, 15) is 18.0 Å². The van der Waals surface area contributed by atoms with Crippen molar-refractivity contribution in [2.45, 2.75) is 30.7 Å². The van der Waals surface area contributed by atoms with E-state index in [2.05, 4.69) is 9.21 Å². The van der Waals surface area contributed by atoms with Gasteiger partial charge in [0.15, 0.2) is 6.10 Å². The number of ether oxygens (including phenoxy) is 1. The second kappa shape index (κ2) is 9.72. The average Bonchev–Trinajstić information content (AvgIpc) is 2.72. The fourth-order valence-electron chi connectivity index (χ4n) is 3.03. The van der Waals surface area contributed by atoms with Crippen LogP contribution in [0.2, 0.25) is 0 Å². The second-order valence-electron chi connectivity index (χ2n) is 6.99. The molecule has 1 N–H and O–H groups in total. The minimum atomic E-state index is -4.32. The Hall–Kier alpha value is -2.23. The molecule has 1 aliphatic heterocycles. The van der Waals surface area contributed by atoms with E-state index in [-0.39, 0.29) is 6.61 Å². The van der Waals surface area contributed by atoms with Crippen LogP contribution < -0.4 is 4.90 Å². The van der Waals surface area contributed by atoms with E-state index in [1.165, 1.54) is 19.1 Å². The molecular formula is C21H23F3N2O3S. The van der Waals surface area contributed by atoms with Gasteiger partial charge in [-0.25, -0.2) is 9.10 Å². The van der Waals surface area contributed by atoms with E-state index in [1.54, 1.807) is 11.9 Å². The van der Waals surface area contributed by atoms with Crippen LogP contribution in [-0.4, -0.2) is 47.7 Å². The highest BCUT2D eigenvalue weighted by molar-refractivity contribution is 7.97. The Labute approximate surface area is 177 Å². The van der Waals surface area contributed by atoms with E-state index < -0.39 is 23.8 Å². The van der Waals surface area contributed by atoms with Crippen LogP contribution in [0.15, 0.2) is 53.4 Å². The summed E-state index contributed by atoms with van der Waals surface area (Å²) in [5.41, 5.74) is 1.05. The van der Waals surface area contributed by atoms with Crippen molar-refractivity contribution < 1.29 is 27.8 Å². The molecule has 1 atom stereocenters. The lowest BCUT2D eigenvalue weighted by molar-refractivity contribution is -0.149. The van der Waals surface area contributed by atoms with Gasteiger partial charge in [-0.2, -0.15) is 13.2 Å². The number of carboxylic acids is 1. The topological polar surface area (TPSA) is 53.0 Å². The predicted octanol–water partition coefficient (Wildman–Crippen LogP) is 4.52. The Morgan fingerprint density at radius 2 is 1.80 bits per heavy atom. The van der Waals surface area contributed by atoms with Crippen LogP contribution in [0, 0.1) is 0 Å². The first-order chi connectivity index (χ1) is 14.2. The van der Waals surface area contributed by atoms with Gasteiger partial charge in [-0.1, -0.05) is 12.1 Å². The number of rotatable bonds is 7. The van der Waals surface area contributed by atoms with Crippen LogP contribution in [0.1, 0.15) is 18.1 Å². The maximum atomic E-state index is 12.7. The molecule has 2 aromatic rings. The molecule has 1 saturated heterocycles. The van der Waals surface area contributed by atoms with Crippen LogP contribution in [0.3, 0.4) is 0 Å². The molecule has 0 spiro atoms. The molecule has 0 amide bonds. The zero-order chi connectivity index (χ0) is 21.7. The van der Waals surface area contributed by atoms with Crippen LogP contribution in [-0.2, 0) is 22.3 Å². The van der Waals surface area contributed by atoms with Gasteiger partial charge in [-0.3, -0.25) is 0 Å². The van der Waals surface area contributed by atoms with Gasteiger partial charge in [0, 0.05) is 36.8 Å². The average molecular weight is 440 g/mol. The summed E-state index contributed by atoms with van der Waals surface area (Å²) >= 11 is 1.61. The lowest BCUT2D eigenvalue weighted by Crippen LogP contribution is -2.43. The molecule has 1 unspecified atom stereocenters. The van der Waals surface area contributed by atoms with Gasteiger partial charge in [-0.15, -0.1) is 0 Å². The van der Waals surface area contributed by atoms with Gasteiger partial charge >= 0.3 is 12.1 Å². The van der Waals surface area contributed by atoms with Crippen LogP contribution in [0.5, 0.6) is 0 Å². The summed E-state index contributed by atoms with van der Waals surface area (Å²) in [6.07, 6.45) is -5.18. The number of aliphatic carboxylic acids is 1. The number of piperazine rings is 1. The van der Waals surface area contributed by atoms with E-state index in [0.29, 0.717) is 0 Å². The molecule has 1 aliphatic rings. The molecule has 30 heavy (non-hydrogen) atoms. The van der Waals surface area contributed by atoms with E-state index in [4.69, 9.17) is 9.84 Å². The summed E-state index contributed by atoms with van der Waals surface area (Å²) in [7, 11) is 0. The fourth-order valence-corrected chi connectivity index (χ4v) is 4.02. The lowest BCUT2D eigenvalue weighted by Gasteiger charge is -2.35. The Kier molecular flexibility index (Phi) is 7.27. The lowest BCUT2D eigenvalue weighted by atomic mass is 10.2. The van der Waals surface area contributed by atoms with Crippen LogP contribution >= 0.6 is 11.9 Å². The van der Waals surface area contributed by atoms with Crippen molar-refractivity contribution in [1.29, 1.82) is 0 Å². The summed E-state index contributed by atoms with van der Waals surface area (Å²) < 4.78 is 45.7. The van der Waals surface area contributed by atoms with Crippen LogP contribution in [0.25, 0.3) is 0 Å². The zero-order valence-electron chi connectivity index (χ0n) is 16.4. The Bertz CT molecular complexity index is 853. The molecule has 0 aliphatic carbocycles. The summed E-state index contributed by atoms with van der Waals surface area (Å²) in [6.45, 7) is 4.69. The van der Waals surface area contributed by atoms with E-state index in [0.717, 1.165) is 54.5 Å². The maximum Gasteiger partial charge on any atom is 0.416 e. The van der Waals surface area contributed by atoms with Crippen molar-refractivity contribution in [2.75, 3.05) is 31.1 Å². The Morgan fingerprint density at radius 3 is 2.40 bits per heavy atom. The molecule has 1 fully saturated rings. The normalized spacial score (nSPS) is 16.5. The number of halogens is 3. The number of hydrogen-bond acceptors (Lipinski definition) is 5. The molecule has 0 bridgehead atoms. The first-order valence-electron chi connectivity index (χ1n) is 9.51. The van der Waals surface area contributed by atoms with E-state index in [1.807, 2.05) is 24.3 Å². The molecule has 1 heterocycles. The smallest absolute Gasteiger partial charge is 0.416 e. The molecule has 0 saturated carbocycles. The highest BCUT2D eigenvalue weighted by atomic mass is 32.2. The molecule has 0 radical (unpaired) electrons. The van der Waals surface area contributed by atoms with Gasteiger partial charge in [0.25, 0.3) is 0 Å². The molecule has 162 valence electrons. The van der Waals surface area contributed by atoms with Crippen LogP contribution in [0.4, 0.5) is 18.9 Å². The summed E-state index contributed by atoms with van der Waals surface area (Å²) in [5, 5.41) is 8.89. The van der Waals surface area contributed by atoms with Crippen molar-refractivity contribution in [3.05, 3.63) is 59.7 Å². The van der Waals surface area contributed by atoms with Gasteiger partial charge in [0.2, 0.25) is 0 Å². The SMILES string of the molecule is CC(OCc1cccc(SN2CCN(c3ccc(C(F)(F)F)cc3)CC2)c1)C(=O)O. The molecule has 0 aromatic heterocycles. The van der Waals surface area contributed by atoms with E-state index >= 15 is 0 Å². The number of carboxylic acid groups (broad SMARTS) is 1. The number of benzene rings is 2. The summed E-state index contributed by atoms with van der Waals surface area (Å²) in [4.78, 5) is 14.0. The maximum absolute atomic E-state index is 12.7. The summed E-state index contributed by atoms with van der Waals surface area (Å²) in [6, 6.07) is 13.0. The molecule has 2 aromatic carbocycles. The van der Waals surface area contributed by atoms with Gasteiger partial charge < -0.3 is 14.7 Å². The number of nitrogens with zero attached hydrogens (tertiary/aromatic N) is 2. The fraction of sp³-hybridized carbons (Fsp3) is 0.381. The van der Waals surface area contributed by atoms with Gasteiger partial charge in [0.05, 0.1) is 12.2 Å². The van der Waals surface area contributed by atoms with Gasteiger partial charge in [0.1, 0.15) is 0 Å². The first-order valence-corrected chi connectivity index (χ1v) is 10.3. The molecule has 9 heteroatoms. The second-order valence-corrected chi connectivity index (χ2v) is 8.16. The standard InChI is InChI=1S/C21H23F3N2O3S/c1-15(20(27)28)29-14-16-3-2-4-19(13-16)30-26-11-9-25(10-12-26)18-7-5-17(6-8-18)21(22,23)24/h2-8,13,15H,9-12,14H2,1H3,(H,27,28). The highest BCUT2D eigenvalue weighted by Crippen LogP contribution is 2.31. The monoisotopic (exact) mass is 440 g/mol. The summed E-state index contributed by atoms with van der Waals surface area (Å²) in [5.74, 6) is -0.994.